The molecule has 3 N–H and O–H groups in total. The summed E-state index contributed by atoms with van der Waals surface area (Å²) in [5.74, 6) is -0.361. The molecule has 3 aromatic rings. The van der Waals surface area contributed by atoms with Gasteiger partial charge in [-0.05, 0) is 18.2 Å². The first-order chi connectivity index (χ1) is 10.6. The van der Waals surface area contributed by atoms with E-state index in [2.05, 4.69) is 20.3 Å². The van der Waals surface area contributed by atoms with E-state index in [-0.39, 0.29) is 22.4 Å². The van der Waals surface area contributed by atoms with Crippen molar-refractivity contribution in [1.29, 1.82) is 0 Å². The summed E-state index contributed by atoms with van der Waals surface area (Å²) in [6.45, 7) is 0. The van der Waals surface area contributed by atoms with Gasteiger partial charge in [0.1, 0.15) is 5.65 Å². The first-order valence-corrected chi connectivity index (χ1v) is 6.70. The van der Waals surface area contributed by atoms with Gasteiger partial charge in [-0.3, -0.25) is 9.59 Å². The van der Waals surface area contributed by atoms with E-state index in [1.54, 1.807) is 6.07 Å². The van der Waals surface area contributed by atoms with Gasteiger partial charge in [0, 0.05) is 31.7 Å². The molecule has 112 valence electrons. The zero-order valence-corrected chi connectivity index (χ0v) is 12.2. The molecular formula is C15H15N5O2. The summed E-state index contributed by atoms with van der Waals surface area (Å²) >= 11 is 0. The quantitative estimate of drug-likeness (QED) is 0.684. The lowest BCUT2D eigenvalue weighted by atomic mass is 10.2. The molecule has 0 radical (unpaired) electrons. The fourth-order valence-corrected chi connectivity index (χ4v) is 2.21. The van der Waals surface area contributed by atoms with Gasteiger partial charge in [-0.2, -0.15) is 0 Å². The highest BCUT2D eigenvalue weighted by Crippen LogP contribution is 2.19. The Morgan fingerprint density at radius 2 is 2.09 bits per heavy atom. The second-order valence-corrected chi connectivity index (χ2v) is 5.06. The van der Waals surface area contributed by atoms with Crippen LogP contribution in [0, 0.1) is 0 Å². The van der Waals surface area contributed by atoms with Gasteiger partial charge in [0.15, 0.2) is 0 Å². The van der Waals surface area contributed by atoms with Crippen LogP contribution in [0.2, 0.25) is 0 Å². The number of nitrogens with zero attached hydrogens (tertiary/aromatic N) is 2. The van der Waals surface area contributed by atoms with Gasteiger partial charge >= 0.3 is 0 Å². The number of hydrogen-bond acceptors (Lipinski definition) is 4. The standard InChI is InChI=1S/C15H15N5O2/c1-20(2)10-5-3-4-9(6-10)19-14(21)11-7-16-13-12(11)15(22)18-8-17-13/h3-8H,1-2H3,(H,19,21)(H2,16,17,18,22). The fraction of sp³-hybridized carbons (Fsp3) is 0.133. The van der Waals surface area contributed by atoms with Crippen molar-refractivity contribution < 1.29 is 4.79 Å². The molecule has 0 aliphatic rings. The molecule has 0 aliphatic heterocycles. The number of aromatic amines is 2. The molecule has 3 rings (SSSR count). The van der Waals surface area contributed by atoms with Crippen molar-refractivity contribution in [3.8, 4) is 0 Å². The van der Waals surface area contributed by atoms with Crippen molar-refractivity contribution in [3.05, 3.63) is 52.7 Å². The van der Waals surface area contributed by atoms with Crippen molar-refractivity contribution >= 4 is 28.3 Å². The highest BCUT2D eigenvalue weighted by Gasteiger charge is 2.15. The summed E-state index contributed by atoms with van der Waals surface area (Å²) in [5, 5.41) is 3.05. The minimum absolute atomic E-state index is 0.253. The molecule has 1 aromatic carbocycles. The van der Waals surface area contributed by atoms with E-state index in [4.69, 9.17) is 0 Å². The number of carbonyl (C=O) groups is 1. The van der Waals surface area contributed by atoms with Crippen LogP contribution in [-0.2, 0) is 0 Å². The number of amides is 1. The molecule has 0 saturated heterocycles. The average Bonchev–Trinajstić information content (AvgIpc) is 2.93. The third kappa shape index (κ3) is 2.44. The van der Waals surface area contributed by atoms with Gasteiger partial charge in [0.25, 0.3) is 11.5 Å². The summed E-state index contributed by atoms with van der Waals surface area (Å²) in [5.41, 5.74) is 1.93. The molecule has 0 unspecified atom stereocenters. The lowest BCUT2D eigenvalue weighted by Crippen LogP contribution is -2.16. The SMILES string of the molecule is CN(C)c1cccc(NC(=O)c2c[nH]c3nc[nH]c(=O)c23)c1. The van der Waals surface area contributed by atoms with E-state index in [9.17, 15) is 9.59 Å². The van der Waals surface area contributed by atoms with Crippen LogP contribution in [0.5, 0.6) is 0 Å². The number of carbonyl (C=O) groups excluding carboxylic acids is 1. The third-order valence-electron chi connectivity index (χ3n) is 3.34. The smallest absolute Gasteiger partial charge is 0.261 e. The van der Waals surface area contributed by atoms with Crippen LogP contribution in [0.15, 0.2) is 41.6 Å². The lowest BCUT2D eigenvalue weighted by Gasteiger charge is -2.13. The predicted molar refractivity (Wildman–Crippen MR) is 85.4 cm³/mol. The van der Waals surface area contributed by atoms with Crippen LogP contribution >= 0.6 is 0 Å². The van der Waals surface area contributed by atoms with Gasteiger partial charge in [-0.15, -0.1) is 0 Å². The van der Waals surface area contributed by atoms with Crippen LogP contribution in [0.1, 0.15) is 10.4 Å². The van der Waals surface area contributed by atoms with Crippen LogP contribution in [-0.4, -0.2) is 35.0 Å². The summed E-state index contributed by atoms with van der Waals surface area (Å²) < 4.78 is 0. The van der Waals surface area contributed by atoms with Crippen molar-refractivity contribution in [2.45, 2.75) is 0 Å². The molecular weight excluding hydrogens is 282 g/mol. The largest absolute Gasteiger partial charge is 0.378 e. The van der Waals surface area contributed by atoms with Crippen LogP contribution < -0.4 is 15.8 Å². The van der Waals surface area contributed by atoms with Crippen molar-refractivity contribution in [3.63, 3.8) is 0 Å². The molecule has 2 aromatic heterocycles. The maximum Gasteiger partial charge on any atom is 0.261 e. The zero-order chi connectivity index (χ0) is 15.7. The van der Waals surface area contributed by atoms with E-state index in [0.717, 1.165) is 5.69 Å². The van der Waals surface area contributed by atoms with Crippen LogP contribution in [0.4, 0.5) is 11.4 Å². The van der Waals surface area contributed by atoms with Gasteiger partial charge in [-0.1, -0.05) is 6.07 Å². The number of fused-ring (bicyclic) bond motifs is 1. The Kier molecular flexibility index (Phi) is 3.38. The molecule has 0 saturated carbocycles. The molecule has 0 bridgehead atoms. The predicted octanol–water partition coefficient (Wildman–Crippen LogP) is 1.57. The first-order valence-electron chi connectivity index (χ1n) is 6.70. The minimum Gasteiger partial charge on any atom is -0.378 e. The van der Waals surface area contributed by atoms with E-state index in [0.29, 0.717) is 11.3 Å². The zero-order valence-electron chi connectivity index (χ0n) is 12.2. The third-order valence-corrected chi connectivity index (χ3v) is 3.34. The lowest BCUT2D eigenvalue weighted by molar-refractivity contribution is 0.102. The molecule has 7 heteroatoms. The highest BCUT2D eigenvalue weighted by molar-refractivity contribution is 6.12. The number of benzene rings is 1. The van der Waals surface area contributed by atoms with Gasteiger partial charge in [0.2, 0.25) is 0 Å². The Balaban J connectivity index is 1.94. The number of nitrogens with one attached hydrogen (secondary N) is 3. The molecule has 0 atom stereocenters. The highest BCUT2D eigenvalue weighted by atomic mass is 16.2. The topological polar surface area (TPSA) is 93.9 Å². The Morgan fingerprint density at radius 3 is 2.86 bits per heavy atom. The Labute approximate surface area is 126 Å². The summed E-state index contributed by atoms with van der Waals surface area (Å²) in [7, 11) is 3.84. The maximum atomic E-state index is 12.4. The van der Waals surface area contributed by atoms with Crippen LogP contribution in [0.25, 0.3) is 11.0 Å². The maximum absolute atomic E-state index is 12.4. The number of aromatic nitrogens is 3. The number of H-pyrrole nitrogens is 2. The van der Waals surface area contributed by atoms with Gasteiger partial charge in [-0.25, -0.2) is 4.98 Å². The van der Waals surface area contributed by atoms with E-state index in [1.807, 2.05) is 37.2 Å². The fourth-order valence-electron chi connectivity index (χ4n) is 2.21. The molecule has 22 heavy (non-hydrogen) atoms. The molecule has 0 fully saturated rings. The first kappa shape index (κ1) is 13.9. The van der Waals surface area contributed by atoms with Crippen molar-refractivity contribution in [2.75, 3.05) is 24.3 Å². The van der Waals surface area contributed by atoms with Crippen LogP contribution in [0.3, 0.4) is 0 Å². The Hall–Kier alpha value is -3.09. The second-order valence-electron chi connectivity index (χ2n) is 5.06. The molecule has 0 spiro atoms. The monoisotopic (exact) mass is 297 g/mol. The van der Waals surface area contributed by atoms with Gasteiger partial charge in [0.05, 0.1) is 17.3 Å². The number of rotatable bonds is 3. The normalized spacial score (nSPS) is 10.6. The Bertz CT molecular complexity index is 894. The summed E-state index contributed by atoms with van der Waals surface area (Å²) in [6.07, 6.45) is 2.78. The van der Waals surface area contributed by atoms with Crippen molar-refractivity contribution in [1.82, 2.24) is 15.0 Å². The number of anilines is 2. The van der Waals surface area contributed by atoms with Crippen molar-refractivity contribution in [2.24, 2.45) is 0 Å². The van der Waals surface area contributed by atoms with E-state index in [1.165, 1.54) is 12.5 Å². The molecule has 0 aliphatic carbocycles. The molecule has 2 heterocycles. The Morgan fingerprint density at radius 1 is 1.27 bits per heavy atom. The van der Waals surface area contributed by atoms with E-state index < -0.39 is 0 Å². The van der Waals surface area contributed by atoms with E-state index >= 15 is 0 Å². The molecule has 7 nitrogen and oxygen atoms in total. The number of hydrogen-bond donors (Lipinski definition) is 3. The molecule has 1 amide bonds. The average molecular weight is 297 g/mol. The summed E-state index contributed by atoms with van der Waals surface area (Å²) in [4.78, 5) is 35.5. The van der Waals surface area contributed by atoms with Gasteiger partial charge < -0.3 is 20.2 Å². The second kappa shape index (κ2) is 5.36. The minimum atomic E-state index is -0.361. The summed E-state index contributed by atoms with van der Waals surface area (Å²) in [6, 6.07) is 7.45.